The van der Waals surface area contributed by atoms with E-state index in [4.69, 9.17) is 19.4 Å². The summed E-state index contributed by atoms with van der Waals surface area (Å²) < 4.78 is 6.55. The van der Waals surface area contributed by atoms with Gasteiger partial charge in [-0.05, 0) is 96.9 Å². The molecule has 0 saturated heterocycles. The quantitative estimate of drug-likeness (QED) is 0.202. The number of hydrogen-bond donors (Lipinski definition) is 0. The summed E-state index contributed by atoms with van der Waals surface area (Å²) >= 11 is 0. The number of aromatic nitrogens is 3. The summed E-state index contributed by atoms with van der Waals surface area (Å²) in [6, 6.07) is 35.0. The maximum atomic E-state index is 6.55. The van der Waals surface area contributed by atoms with Crippen molar-refractivity contribution in [3.63, 3.8) is 0 Å². The molecule has 2 heterocycles. The fourth-order valence-electron chi connectivity index (χ4n) is 10.9. The Bertz CT molecular complexity index is 2360. The number of benzene rings is 4. The molecular formula is C43H35N3O. The Hall–Kier alpha value is -4.83. The van der Waals surface area contributed by atoms with E-state index in [2.05, 4.69) is 97.1 Å². The van der Waals surface area contributed by atoms with Crippen LogP contribution in [0.25, 0.3) is 56.5 Å². The van der Waals surface area contributed by atoms with Crippen LogP contribution in [0.3, 0.4) is 0 Å². The third-order valence-corrected chi connectivity index (χ3v) is 12.4. The molecule has 1 spiro atoms. The first-order valence-corrected chi connectivity index (χ1v) is 17.5. The summed E-state index contributed by atoms with van der Waals surface area (Å²) in [5, 5.41) is 2.31. The second-order valence-electron chi connectivity index (χ2n) is 14.7. The number of hydrogen-bond acceptors (Lipinski definition) is 4. The van der Waals surface area contributed by atoms with Crippen molar-refractivity contribution in [1.29, 1.82) is 0 Å². The first kappa shape index (κ1) is 26.3. The summed E-state index contributed by atoms with van der Waals surface area (Å²) in [6.07, 6.45) is 10.9. The molecule has 4 aromatic carbocycles. The molecule has 0 unspecified atom stereocenters. The molecule has 4 saturated carbocycles. The highest BCUT2D eigenvalue weighted by molar-refractivity contribution is 5.88. The highest BCUT2D eigenvalue weighted by Gasteiger charge is 2.62. The molecule has 228 valence electrons. The molecule has 4 heteroatoms. The van der Waals surface area contributed by atoms with Gasteiger partial charge < -0.3 is 4.42 Å². The number of nitrogens with zero attached hydrogens (tertiary/aromatic N) is 3. The summed E-state index contributed by atoms with van der Waals surface area (Å²) in [4.78, 5) is 16.0. The molecule has 12 rings (SSSR count). The Balaban J connectivity index is 1.20. The van der Waals surface area contributed by atoms with Crippen molar-refractivity contribution in [2.24, 2.45) is 23.7 Å². The second kappa shape index (κ2) is 9.60. The predicted molar refractivity (Wildman–Crippen MR) is 186 cm³/mol. The van der Waals surface area contributed by atoms with Gasteiger partial charge in [0.2, 0.25) is 0 Å². The summed E-state index contributed by atoms with van der Waals surface area (Å²) in [6.45, 7) is 0. The van der Waals surface area contributed by atoms with E-state index < -0.39 is 0 Å². The Morgan fingerprint density at radius 2 is 1.28 bits per heavy atom. The van der Waals surface area contributed by atoms with Crippen LogP contribution in [-0.4, -0.2) is 15.0 Å². The van der Waals surface area contributed by atoms with Crippen LogP contribution in [-0.2, 0) is 5.41 Å². The van der Waals surface area contributed by atoms with Gasteiger partial charge in [-0.3, -0.25) is 0 Å². The molecular weight excluding hydrogens is 574 g/mol. The SMILES string of the molecule is C1=c2c(oc3ccccc23)=C(c2nc(-c3ccccc3)nc(-c3cccc4c3C3(c5ccccc5-4)C4CC5CC(C4)CC3C5)n2)CC1. The number of para-hydroxylation sites is 1. The zero-order chi connectivity index (χ0) is 30.7. The average molecular weight is 610 g/mol. The van der Waals surface area contributed by atoms with E-state index in [1.807, 2.05) is 6.07 Å². The molecule has 2 aromatic heterocycles. The van der Waals surface area contributed by atoms with Crippen molar-refractivity contribution in [1.82, 2.24) is 15.0 Å². The fraction of sp³-hybridized carbons (Fsp3) is 0.279. The second-order valence-corrected chi connectivity index (χ2v) is 14.7. The molecule has 0 amide bonds. The van der Waals surface area contributed by atoms with Gasteiger partial charge in [-0.1, -0.05) is 97.1 Å². The van der Waals surface area contributed by atoms with Crippen LogP contribution in [0.1, 0.15) is 61.9 Å². The van der Waals surface area contributed by atoms with Crippen molar-refractivity contribution >= 4 is 22.6 Å². The monoisotopic (exact) mass is 609 g/mol. The fourth-order valence-corrected chi connectivity index (χ4v) is 10.9. The molecule has 6 aliphatic carbocycles. The maximum Gasteiger partial charge on any atom is 0.164 e. The minimum Gasteiger partial charge on any atom is -0.456 e. The zero-order valence-electron chi connectivity index (χ0n) is 26.3. The van der Waals surface area contributed by atoms with Crippen molar-refractivity contribution < 1.29 is 4.42 Å². The van der Waals surface area contributed by atoms with Gasteiger partial charge in [-0.15, -0.1) is 0 Å². The standard InChI is InChI=1S/C43H35N3O/c1-2-10-27(11-3-1)40-44-41(46-42(45-40)35-17-9-15-33-31-13-5-7-19-37(31)47-39(33)35)34-16-8-14-32-30-12-4-6-18-36(30)43(38(32)34)28-21-25-20-26(23-28)24-29(43)22-25/h1-8,10-16,18-19,25-26,28-29H,9,17,20-24H2. The lowest BCUT2D eigenvalue weighted by atomic mass is 9.43. The molecule has 47 heavy (non-hydrogen) atoms. The van der Waals surface area contributed by atoms with Crippen LogP contribution < -0.4 is 10.6 Å². The Morgan fingerprint density at radius 1 is 0.596 bits per heavy atom. The van der Waals surface area contributed by atoms with Crippen LogP contribution in [0.2, 0.25) is 0 Å². The molecule has 4 bridgehead atoms. The van der Waals surface area contributed by atoms with Gasteiger partial charge in [0, 0.05) is 32.7 Å². The van der Waals surface area contributed by atoms with Crippen LogP contribution >= 0.6 is 0 Å². The lowest BCUT2D eigenvalue weighted by molar-refractivity contribution is -0.0397. The number of rotatable bonds is 3. The number of furan rings is 1. The van der Waals surface area contributed by atoms with E-state index >= 15 is 0 Å². The highest BCUT2D eigenvalue weighted by atomic mass is 16.3. The van der Waals surface area contributed by atoms with Crippen molar-refractivity contribution in [2.75, 3.05) is 0 Å². The van der Waals surface area contributed by atoms with E-state index in [1.54, 1.807) is 5.56 Å². The first-order chi connectivity index (χ1) is 23.3. The van der Waals surface area contributed by atoms with Crippen molar-refractivity contribution in [3.05, 3.63) is 125 Å². The molecule has 4 fully saturated rings. The van der Waals surface area contributed by atoms with Gasteiger partial charge in [0.1, 0.15) is 11.0 Å². The van der Waals surface area contributed by atoms with Gasteiger partial charge in [0.05, 0.1) is 0 Å². The van der Waals surface area contributed by atoms with Gasteiger partial charge in [-0.2, -0.15) is 0 Å². The molecule has 6 aromatic rings. The zero-order valence-corrected chi connectivity index (χ0v) is 26.3. The van der Waals surface area contributed by atoms with E-state index in [-0.39, 0.29) is 5.41 Å². The van der Waals surface area contributed by atoms with E-state index in [0.717, 1.165) is 74.9 Å². The van der Waals surface area contributed by atoms with E-state index in [1.165, 1.54) is 54.4 Å². The summed E-state index contributed by atoms with van der Waals surface area (Å²) in [5.74, 6) is 5.34. The lowest BCUT2D eigenvalue weighted by Gasteiger charge is -2.61. The van der Waals surface area contributed by atoms with Gasteiger partial charge in [0.15, 0.2) is 17.5 Å². The van der Waals surface area contributed by atoms with Crippen LogP contribution in [0, 0.1) is 23.7 Å². The normalized spacial score (nSPS) is 26.3. The van der Waals surface area contributed by atoms with Crippen LogP contribution in [0.5, 0.6) is 0 Å². The van der Waals surface area contributed by atoms with Crippen LogP contribution in [0.4, 0.5) is 0 Å². The first-order valence-electron chi connectivity index (χ1n) is 17.5. The summed E-state index contributed by atoms with van der Waals surface area (Å²) in [7, 11) is 0. The smallest absolute Gasteiger partial charge is 0.164 e. The molecule has 4 nitrogen and oxygen atoms in total. The number of fused-ring (bicyclic) bond motifs is 6. The molecule has 6 aliphatic rings. The van der Waals surface area contributed by atoms with Gasteiger partial charge >= 0.3 is 0 Å². The topological polar surface area (TPSA) is 51.8 Å². The van der Waals surface area contributed by atoms with Gasteiger partial charge in [0.25, 0.3) is 0 Å². The maximum absolute atomic E-state index is 6.55. The Morgan fingerprint density at radius 3 is 2.13 bits per heavy atom. The minimum atomic E-state index is 0.0223. The third kappa shape index (κ3) is 3.56. The molecule has 0 aliphatic heterocycles. The Kier molecular flexibility index (Phi) is 5.37. The van der Waals surface area contributed by atoms with Crippen LogP contribution in [0.15, 0.2) is 101 Å². The van der Waals surface area contributed by atoms with E-state index in [9.17, 15) is 0 Å². The van der Waals surface area contributed by atoms with E-state index in [0.29, 0.717) is 11.8 Å². The average Bonchev–Trinajstić information content (AvgIpc) is 3.65. The van der Waals surface area contributed by atoms with Crippen molar-refractivity contribution in [2.45, 2.75) is 50.4 Å². The Labute approximate surface area is 273 Å². The molecule has 0 atom stereocenters. The molecule has 0 radical (unpaired) electrons. The highest BCUT2D eigenvalue weighted by Crippen LogP contribution is 2.70. The summed E-state index contributed by atoms with van der Waals surface area (Å²) in [5.41, 5.74) is 10.9. The van der Waals surface area contributed by atoms with Gasteiger partial charge in [-0.25, -0.2) is 15.0 Å². The minimum absolute atomic E-state index is 0.0223. The molecule has 0 N–H and O–H groups in total. The van der Waals surface area contributed by atoms with Crippen molar-refractivity contribution in [3.8, 4) is 33.9 Å². The lowest BCUT2D eigenvalue weighted by Crippen LogP contribution is -2.55. The predicted octanol–water partition coefficient (Wildman–Crippen LogP) is 8.45. The third-order valence-electron chi connectivity index (χ3n) is 12.4. The largest absolute Gasteiger partial charge is 0.456 e.